The predicted octanol–water partition coefficient (Wildman–Crippen LogP) is 3.46. The third-order valence-electron chi connectivity index (χ3n) is 1.92. The Bertz CT molecular complexity index is 470. The maximum atomic E-state index is 13.1. The number of nitrogens with zero attached hydrogens (tertiary/aromatic N) is 1. The van der Waals surface area contributed by atoms with Crippen molar-refractivity contribution < 1.29 is 26.8 Å². The summed E-state index contributed by atoms with van der Waals surface area (Å²) >= 11 is 0. The summed E-state index contributed by atoms with van der Waals surface area (Å²) in [6, 6.07) is 0. The summed E-state index contributed by atoms with van der Waals surface area (Å²) < 4.78 is 64.4. The molecule has 98 valence electrons. The minimum Gasteiger partial charge on any atom is -0.391 e. The van der Waals surface area contributed by atoms with E-state index >= 15 is 0 Å². The fourth-order valence-electron chi connectivity index (χ4n) is 1.04. The summed E-state index contributed by atoms with van der Waals surface area (Å²) in [7, 11) is 0. The average Bonchev–Trinajstić information content (AvgIpc) is 2.37. The molecule has 0 heterocycles. The molecule has 0 aliphatic rings. The van der Waals surface area contributed by atoms with Crippen molar-refractivity contribution in [1.29, 1.82) is 0 Å². The second-order valence-electron chi connectivity index (χ2n) is 3.10. The van der Waals surface area contributed by atoms with Crippen LogP contribution in [0.4, 0.5) is 22.0 Å². The van der Waals surface area contributed by atoms with Crippen LogP contribution in [0.25, 0.3) is 0 Å². The van der Waals surface area contributed by atoms with Crippen LogP contribution in [0.3, 0.4) is 0 Å². The van der Waals surface area contributed by atoms with Gasteiger partial charge in [0.2, 0.25) is 5.82 Å². The predicted molar refractivity (Wildman–Crippen MR) is 54.3 cm³/mol. The maximum Gasteiger partial charge on any atom is 0.200 e. The lowest BCUT2D eigenvalue weighted by molar-refractivity contribution is 0.124. The monoisotopic (exact) mass is 265 g/mol. The highest BCUT2D eigenvalue weighted by Crippen LogP contribution is 2.23. The molecular weight excluding hydrogens is 257 g/mol. The normalized spacial score (nSPS) is 11.7. The molecule has 0 aliphatic carbocycles. The Morgan fingerprint density at radius 1 is 0.944 bits per heavy atom. The number of hydrogen-bond donors (Lipinski definition) is 0. The largest absolute Gasteiger partial charge is 0.391 e. The smallest absolute Gasteiger partial charge is 0.200 e. The SMILES string of the molecule is CC=CC=NOCc1c(F)c(F)c(F)c(F)c1F. The van der Waals surface area contributed by atoms with Gasteiger partial charge in [0.05, 0.1) is 11.8 Å². The van der Waals surface area contributed by atoms with Crippen molar-refractivity contribution >= 4 is 6.21 Å². The third kappa shape index (κ3) is 2.85. The average molecular weight is 265 g/mol. The zero-order valence-electron chi connectivity index (χ0n) is 9.18. The van der Waals surface area contributed by atoms with E-state index in [9.17, 15) is 22.0 Å². The van der Waals surface area contributed by atoms with E-state index in [1.807, 2.05) is 0 Å². The summed E-state index contributed by atoms with van der Waals surface area (Å²) in [6.07, 6.45) is 4.22. The van der Waals surface area contributed by atoms with Crippen molar-refractivity contribution in [3.63, 3.8) is 0 Å². The molecule has 18 heavy (non-hydrogen) atoms. The van der Waals surface area contributed by atoms with Gasteiger partial charge in [-0.05, 0) is 13.0 Å². The van der Waals surface area contributed by atoms with Gasteiger partial charge in [-0.1, -0.05) is 11.2 Å². The molecule has 0 fully saturated rings. The van der Waals surface area contributed by atoms with Gasteiger partial charge in [0.15, 0.2) is 23.3 Å². The second kappa shape index (κ2) is 6.13. The molecule has 0 aromatic heterocycles. The van der Waals surface area contributed by atoms with Crippen LogP contribution in [0.2, 0.25) is 0 Å². The van der Waals surface area contributed by atoms with Crippen molar-refractivity contribution in [3.8, 4) is 0 Å². The highest BCUT2D eigenvalue weighted by Gasteiger charge is 2.25. The quantitative estimate of drug-likeness (QED) is 0.268. The first kappa shape index (κ1) is 14.1. The van der Waals surface area contributed by atoms with Gasteiger partial charge in [0.1, 0.15) is 6.61 Å². The van der Waals surface area contributed by atoms with Crippen LogP contribution in [-0.4, -0.2) is 6.21 Å². The summed E-state index contributed by atoms with van der Waals surface area (Å²) in [5, 5.41) is 3.24. The molecular formula is C11H8F5NO. The maximum absolute atomic E-state index is 13.1. The van der Waals surface area contributed by atoms with Gasteiger partial charge in [-0.15, -0.1) is 0 Å². The molecule has 0 N–H and O–H groups in total. The first-order valence-corrected chi connectivity index (χ1v) is 4.77. The first-order chi connectivity index (χ1) is 8.50. The highest BCUT2D eigenvalue weighted by atomic mass is 19.2. The van der Waals surface area contributed by atoms with Crippen molar-refractivity contribution in [3.05, 3.63) is 46.8 Å². The van der Waals surface area contributed by atoms with Gasteiger partial charge in [-0.2, -0.15) is 0 Å². The first-order valence-electron chi connectivity index (χ1n) is 4.77. The fourth-order valence-corrected chi connectivity index (χ4v) is 1.04. The van der Waals surface area contributed by atoms with E-state index in [1.54, 1.807) is 13.0 Å². The van der Waals surface area contributed by atoms with Crippen molar-refractivity contribution in [2.75, 3.05) is 0 Å². The molecule has 2 nitrogen and oxygen atoms in total. The van der Waals surface area contributed by atoms with Gasteiger partial charge in [0, 0.05) is 0 Å². The van der Waals surface area contributed by atoms with E-state index in [0.29, 0.717) is 0 Å². The van der Waals surface area contributed by atoms with E-state index in [0.717, 1.165) is 6.21 Å². The van der Waals surface area contributed by atoms with E-state index < -0.39 is 41.3 Å². The lowest BCUT2D eigenvalue weighted by atomic mass is 10.2. The number of oxime groups is 1. The lowest BCUT2D eigenvalue weighted by Gasteiger charge is -2.06. The lowest BCUT2D eigenvalue weighted by Crippen LogP contribution is -2.07. The number of rotatable bonds is 4. The van der Waals surface area contributed by atoms with Gasteiger partial charge < -0.3 is 4.84 Å². The molecule has 7 heteroatoms. The van der Waals surface area contributed by atoms with Crippen LogP contribution in [0.5, 0.6) is 0 Å². The summed E-state index contributed by atoms with van der Waals surface area (Å²) in [4.78, 5) is 4.42. The van der Waals surface area contributed by atoms with E-state index in [1.165, 1.54) is 6.08 Å². The minimum absolute atomic E-state index is 0.861. The molecule has 0 saturated heterocycles. The second-order valence-corrected chi connectivity index (χ2v) is 3.10. The molecule has 0 unspecified atom stereocenters. The van der Waals surface area contributed by atoms with Crippen molar-refractivity contribution in [1.82, 2.24) is 0 Å². The van der Waals surface area contributed by atoms with Gasteiger partial charge in [-0.25, -0.2) is 22.0 Å². The number of allylic oxidation sites excluding steroid dienone is 2. The summed E-state index contributed by atoms with van der Waals surface area (Å²) in [6.45, 7) is 0.829. The standard InChI is InChI=1S/C11H8F5NO/c1-2-3-4-17-18-5-6-7(12)9(14)11(16)10(15)8(6)13/h2-4H,5H2,1H3. The number of benzene rings is 1. The van der Waals surface area contributed by atoms with Crippen LogP contribution < -0.4 is 0 Å². The Balaban J connectivity index is 2.96. The van der Waals surface area contributed by atoms with Crippen molar-refractivity contribution in [2.24, 2.45) is 5.16 Å². The Hall–Kier alpha value is -1.92. The van der Waals surface area contributed by atoms with Crippen LogP contribution in [0, 0.1) is 29.1 Å². The topological polar surface area (TPSA) is 21.6 Å². The molecule has 1 aromatic carbocycles. The molecule has 0 spiro atoms. The molecule has 0 amide bonds. The summed E-state index contributed by atoms with van der Waals surface area (Å²) in [5.74, 6) is -10.1. The number of hydrogen-bond acceptors (Lipinski definition) is 2. The summed E-state index contributed by atoms with van der Waals surface area (Å²) in [5.41, 5.74) is -1.07. The number of halogens is 5. The van der Waals surface area contributed by atoms with Gasteiger partial charge in [0.25, 0.3) is 0 Å². The molecule has 0 bridgehead atoms. The minimum atomic E-state index is -2.20. The molecule has 0 radical (unpaired) electrons. The Morgan fingerprint density at radius 2 is 1.44 bits per heavy atom. The zero-order chi connectivity index (χ0) is 13.7. The molecule has 0 saturated carbocycles. The van der Waals surface area contributed by atoms with E-state index in [-0.39, 0.29) is 0 Å². The Morgan fingerprint density at radius 3 is 1.94 bits per heavy atom. The molecule has 0 aliphatic heterocycles. The molecule has 1 aromatic rings. The molecule has 0 atom stereocenters. The van der Waals surface area contributed by atoms with Crippen molar-refractivity contribution in [2.45, 2.75) is 13.5 Å². The van der Waals surface area contributed by atoms with Crippen LogP contribution in [0.15, 0.2) is 17.3 Å². The zero-order valence-corrected chi connectivity index (χ0v) is 9.18. The van der Waals surface area contributed by atoms with Crippen LogP contribution in [0.1, 0.15) is 12.5 Å². The highest BCUT2D eigenvalue weighted by molar-refractivity contribution is 5.70. The van der Waals surface area contributed by atoms with Gasteiger partial charge in [-0.3, -0.25) is 0 Å². The molecule has 1 rings (SSSR count). The van der Waals surface area contributed by atoms with Crippen LogP contribution in [-0.2, 0) is 11.4 Å². The fraction of sp³-hybridized carbons (Fsp3) is 0.182. The Labute approximate surface area is 99.4 Å². The van der Waals surface area contributed by atoms with Crippen LogP contribution >= 0.6 is 0 Å². The van der Waals surface area contributed by atoms with E-state index in [2.05, 4.69) is 9.99 Å². The third-order valence-corrected chi connectivity index (χ3v) is 1.92. The van der Waals surface area contributed by atoms with Gasteiger partial charge >= 0.3 is 0 Å². The van der Waals surface area contributed by atoms with E-state index in [4.69, 9.17) is 0 Å². The Kier molecular flexibility index (Phi) is 4.82.